The molecule has 1 aliphatic heterocycles. The van der Waals surface area contributed by atoms with Crippen LogP contribution >= 0.6 is 11.3 Å². The summed E-state index contributed by atoms with van der Waals surface area (Å²) < 4.78 is 34.1. The zero-order valence-corrected chi connectivity index (χ0v) is 10.5. The van der Waals surface area contributed by atoms with E-state index in [1.807, 2.05) is 5.38 Å². The molecule has 17 heavy (non-hydrogen) atoms. The Bertz CT molecular complexity index is 500. The van der Waals surface area contributed by atoms with Crippen LogP contribution in [0.25, 0.3) is 0 Å². The summed E-state index contributed by atoms with van der Waals surface area (Å²) in [5.41, 5.74) is 2.55. The molecule has 2 heterocycles. The molecule has 8 heteroatoms. The molecule has 0 bridgehead atoms. The molecule has 1 saturated heterocycles. The van der Waals surface area contributed by atoms with Gasteiger partial charge >= 0.3 is 10.2 Å². The fraction of sp³-hybridized carbons (Fsp3) is 0.556. The van der Waals surface area contributed by atoms with Crippen molar-refractivity contribution < 1.29 is 17.1 Å². The van der Waals surface area contributed by atoms with Crippen LogP contribution in [-0.2, 0) is 21.4 Å². The van der Waals surface area contributed by atoms with Crippen molar-refractivity contribution in [3.63, 3.8) is 0 Å². The van der Waals surface area contributed by atoms with E-state index in [4.69, 9.17) is 0 Å². The van der Waals surface area contributed by atoms with Crippen LogP contribution in [-0.4, -0.2) is 42.5 Å². The van der Waals surface area contributed by atoms with Crippen molar-refractivity contribution in [1.82, 2.24) is 9.88 Å². The van der Waals surface area contributed by atoms with Crippen LogP contribution in [0, 0.1) is 0 Å². The molecule has 5 nitrogen and oxygen atoms in total. The van der Waals surface area contributed by atoms with Crippen molar-refractivity contribution in [3.8, 4) is 0 Å². The molecule has 1 atom stereocenters. The number of halogens is 1. The third-order valence-electron chi connectivity index (χ3n) is 2.70. The van der Waals surface area contributed by atoms with Gasteiger partial charge < -0.3 is 4.90 Å². The number of nitrogens with zero attached hydrogens (tertiary/aromatic N) is 2. The van der Waals surface area contributed by atoms with Crippen molar-refractivity contribution in [1.29, 1.82) is 0 Å². The summed E-state index contributed by atoms with van der Waals surface area (Å²) in [7, 11) is -4.62. The predicted molar refractivity (Wildman–Crippen MR) is 60.8 cm³/mol. The van der Waals surface area contributed by atoms with Gasteiger partial charge in [0.2, 0.25) is 5.91 Å². The number of likely N-dealkylation sites (tertiary alicyclic amines) is 1. The van der Waals surface area contributed by atoms with Crippen LogP contribution in [0.1, 0.15) is 12.1 Å². The summed E-state index contributed by atoms with van der Waals surface area (Å²) in [4.78, 5) is 16.9. The van der Waals surface area contributed by atoms with Crippen molar-refractivity contribution in [2.75, 3.05) is 13.1 Å². The lowest BCUT2D eigenvalue weighted by Crippen LogP contribution is -2.29. The molecule has 1 unspecified atom stereocenters. The molecule has 0 radical (unpaired) electrons. The van der Waals surface area contributed by atoms with Gasteiger partial charge in [-0.3, -0.25) is 4.79 Å². The zero-order valence-electron chi connectivity index (χ0n) is 8.87. The van der Waals surface area contributed by atoms with Gasteiger partial charge in [0.15, 0.2) is 0 Å². The van der Waals surface area contributed by atoms with Crippen LogP contribution in [0.3, 0.4) is 0 Å². The number of aromatic nitrogens is 1. The minimum Gasteiger partial charge on any atom is -0.341 e. The molecule has 0 spiro atoms. The first kappa shape index (κ1) is 12.4. The second kappa shape index (κ2) is 4.69. The van der Waals surface area contributed by atoms with E-state index >= 15 is 0 Å². The monoisotopic (exact) mass is 278 g/mol. The van der Waals surface area contributed by atoms with Crippen LogP contribution in [0.5, 0.6) is 0 Å². The molecule has 1 aromatic heterocycles. The zero-order chi connectivity index (χ0) is 12.5. The van der Waals surface area contributed by atoms with E-state index in [0.717, 1.165) is 5.69 Å². The fourth-order valence-electron chi connectivity index (χ4n) is 1.75. The summed E-state index contributed by atoms with van der Waals surface area (Å²) in [6.45, 7) is 0.330. The quantitative estimate of drug-likeness (QED) is 0.756. The molecule has 0 N–H and O–H groups in total. The predicted octanol–water partition coefficient (Wildman–Crippen LogP) is 0.586. The third-order valence-corrected chi connectivity index (χ3v) is 4.45. The molecular formula is C9H11FN2O3S2. The van der Waals surface area contributed by atoms with E-state index in [2.05, 4.69) is 4.98 Å². The largest absolute Gasteiger partial charge is 0.341 e. The Hall–Kier alpha value is -1.02. The highest BCUT2D eigenvalue weighted by molar-refractivity contribution is 7.87. The van der Waals surface area contributed by atoms with E-state index in [1.54, 1.807) is 5.51 Å². The Balaban J connectivity index is 1.93. The van der Waals surface area contributed by atoms with E-state index in [1.165, 1.54) is 16.2 Å². The number of rotatable bonds is 4. The maximum absolute atomic E-state index is 12.7. The molecule has 1 fully saturated rings. The third kappa shape index (κ3) is 3.01. The number of hydrogen-bond donors (Lipinski definition) is 0. The average molecular weight is 278 g/mol. The summed E-state index contributed by atoms with van der Waals surface area (Å²) in [6, 6.07) is 0. The second-order valence-corrected chi connectivity index (χ2v) is 6.21. The van der Waals surface area contributed by atoms with Gasteiger partial charge in [-0.15, -0.1) is 15.2 Å². The number of carbonyl (C=O) groups excluding carboxylic acids is 1. The molecule has 94 valence electrons. The Morgan fingerprint density at radius 2 is 2.35 bits per heavy atom. The van der Waals surface area contributed by atoms with E-state index in [0.29, 0.717) is 13.0 Å². The average Bonchev–Trinajstić information content (AvgIpc) is 2.83. The molecule has 0 aromatic carbocycles. The van der Waals surface area contributed by atoms with Crippen LogP contribution in [0.15, 0.2) is 10.9 Å². The molecular weight excluding hydrogens is 267 g/mol. The number of amides is 1. The number of carbonyl (C=O) groups is 1. The van der Waals surface area contributed by atoms with Crippen LogP contribution < -0.4 is 0 Å². The number of hydrogen-bond acceptors (Lipinski definition) is 5. The van der Waals surface area contributed by atoms with Gasteiger partial charge in [-0.2, -0.15) is 8.42 Å². The first-order chi connectivity index (χ1) is 7.97. The highest BCUT2D eigenvalue weighted by Crippen LogP contribution is 2.19. The Morgan fingerprint density at radius 3 is 2.88 bits per heavy atom. The normalized spacial score (nSPS) is 21.1. The van der Waals surface area contributed by atoms with E-state index < -0.39 is 15.5 Å². The lowest BCUT2D eigenvalue weighted by molar-refractivity contribution is -0.127. The van der Waals surface area contributed by atoms with Gasteiger partial charge in [0.25, 0.3) is 0 Å². The summed E-state index contributed by atoms with van der Waals surface area (Å²) in [6.07, 6.45) is 0.310. The minimum absolute atomic E-state index is 0.0538. The highest BCUT2D eigenvalue weighted by Gasteiger charge is 2.38. The fourth-order valence-corrected chi connectivity index (χ4v) is 3.04. The minimum atomic E-state index is -4.62. The standard InChI is InChI=1S/C9H11FN2O3S2/c10-17(14,15)8-3-9(13)12(4-8)2-1-7-5-16-6-11-7/h5-6,8H,1-4H2. The Labute approximate surface area is 102 Å². The summed E-state index contributed by atoms with van der Waals surface area (Å²) >= 11 is 1.46. The maximum Gasteiger partial charge on any atom is 0.307 e. The van der Waals surface area contributed by atoms with Crippen LogP contribution in [0.2, 0.25) is 0 Å². The van der Waals surface area contributed by atoms with Gasteiger partial charge in [-0.25, -0.2) is 4.98 Å². The maximum atomic E-state index is 12.7. The number of thiazole rings is 1. The molecule has 1 aromatic rings. The van der Waals surface area contributed by atoms with Crippen molar-refractivity contribution in [2.45, 2.75) is 18.1 Å². The topological polar surface area (TPSA) is 67.3 Å². The molecule has 2 rings (SSSR count). The first-order valence-corrected chi connectivity index (χ1v) is 7.44. The molecule has 0 aliphatic carbocycles. The summed E-state index contributed by atoms with van der Waals surface area (Å²) in [5.74, 6) is -0.313. The van der Waals surface area contributed by atoms with Crippen molar-refractivity contribution in [3.05, 3.63) is 16.6 Å². The molecule has 0 saturated carbocycles. The molecule has 1 amide bonds. The van der Waals surface area contributed by atoms with Gasteiger partial charge in [-0.05, 0) is 0 Å². The second-order valence-electron chi connectivity index (χ2n) is 3.87. The Kier molecular flexibility index (Phi) is 3.43. The Morgan fingerprint density at radius 1 is 1.59 bits per heavy atom. The van der Waals surface area contributed by atoms with E-state index in [-0.39, 0.29) is 18.9 Å². The molecule has 1 aliphatic rings. The lowest BCUT2D eigenvalue weighted by Gasteiger charge is -2.14. The van der Waals surface area contributed by atoms with E-state index in [9.17, 15) is 17.1 Å². The lowest BCUT2D eigenvalue weighted by atomic mass is 10.3. The van der Waals surface area contributed by atoms with Crippen molar-refractivity contribution in [2.24, 2.45) is 0 Å². The van der Waals surface area contributed by atoms with Crippen LogP contribution in [0.4, 0.5) is 3.89 Å². The smallest absolute Gasteiger partial charge is 0.307 e. The highest BCUT2D eigenvalue weighted by atomic mass is 32.3. The van der Waals surface area contributed by atoms with Gasteiger partial charge in [0.05, 0.1) is 11.2 Å². The van der Waals surface area contributed by atoms with Crippen molar-refractivity contribution >= 4 is 27.5 Å². The summed E-state index contributed by atoms with van der Waals surface area (Å²) in [5, 5.41) is 0.662. The van der Waals surface area contributed by atoms with Gasteiger partial charge in [0, 0.05) is 31.3 Å². The first-order valence-electron chi connectivity index (χ1n) is 5.05. The van der Waals surface area contributed by atoms with Gasteiger partial charge in [0.1, 0.15) is 5.25 Å². The van der Waals surface area contributed by atoms with Gasteiger partial charge in [-0.1, -0.05) is 0 Å². The SMILES string of the molecule is O=C1CC(S(=O)(=O)F)CN1CCc1cscn1.